The van der Waals surface area contributed by atoms with Gasteiger partial charge in [-0.05, 0) is 31.2 Å². The number of methoxy groups -OCH3 is 1. The second-order valence-electron chi connectivity index (χ2n) is 5.36. The van der Waals surface area contributed by atoms with E-state index in [1.807, 2.05) is 19.1 Å². The lowest BCUT2D eigenvalue weighted by atomic mass is 10.3. The molecule has 6 nitrogen and oxygen atoms in total. The summed E-state index contributed by atoms with van der Waals surface area (Å²) < 4.78 is 6.53. The molecule has 7 heteroatoms. The summed E-state index contributed by atoms with van der Waals surface area (Å²) in [6, 6.07) is 8.96. The van der Waals surface area contributed by atoms with Gasteiger partial charge in [0.25, 0.3) is 5.91 Å². The molecule has 0 fully saturated rings. The second-order valence-corrected chi connectivity index (χ2v) is 5.79. The van der Waals surface area contributed by atoms with Crippen molar-refractivity contribution in [3.05, 3.63) is 46.7 Å². The summed E-state index contributed by atoms with van der Waals surface area (Å²) in [6.07, 6.45) is -0.731. The van der Waals surface area contributed by atoms with Gasteiger partial charge in [0.15, 0.2) is 5.69 Å². The van der Waals surface area contributed by atoms with Crippen molar-refractivity contribution in [2.75, 3.05) is 27.3 Å². The Morgan fingerprint density at radius 1 is 1.48 bits per heavy atom. The highest BCUT2D eigenvalue weighted by atomic mass is 35.5. The van der Waals surface area contributed by atoms with E-state index in [2.05, 4.69) is 5.10 Å². The molecule has 124 valence electrons. The van der Waals surface area contributed by atoms with Gasteiger partial charge >= 0.3 is 0 Å². The molecule has 1 unspecified atom stereocenters. The first-order valence-electron chi connectivity index (χ1n) is 7.17. The molecule has 1 heterocycles. The lowest BCUT2D eigenvalue weighted by Gasteiger charge is -2.19. The average molecular weight is 338 g/mol. The maximum absolute atomic E-state index is 12.4. The Morgan fingerprint density at radius 2 is 2.22 bits per heavy atom. The van der Waals surface area contributed by atoms with Crippen molar-refractivity contribution in [3.63, 3.8) is 0 Å². The summed E-state index contributed by atoms with van der Waals surface area (Å²) in [4.78, 5) is 13.8. The van der Waals surface area contributed by atoms with Crippen LogP contribution in [0, 0.1) is 6.92 Å². The Kier molecular flexibility index (Phi) is 5.76. The van der Waals surface area contributed by atoms with Crippen molar-refractivity contribution in [1.82, 2.24) is 14.7 Å². The van der Waals surface area contributed by atoms with Crippen molar-refractivity contribution in [1.29, 1.82) is 0 Å². The Hall–Kier alpha value is -1.89. The molecule has 0 radical (unpaired) electrons. The van der Waals surface area contributed by atoms with Crippen LogP contribution in [0.3, 0.4) is 0 Å². The van der Waals surface area contributed by atoms with E-state index in [4.69, 9.17) is 16.3 Å². The van der Waals surface area contributed by atoms with Gasteiger partial charge < -0.3 is 14.7 Å². The van der Waals surface area contributed by atoms with Gasteiger partial charge in [0.1, 0.15) is 0 Å². The van der Waals surface area contributed by atoms with Crippen LogP contribution < -0.4 is 0 Å². The minimum atomic E-state index is -0.731. The molecule has 2 aromatic rings. The topological polar surface area (TPSA) is 67.6 Å². The number of aromatic nitrogens is 2. The summed E-state index contributed by atoms with van der Waals surface area (Å²) in [7, 11) is 3.12. The van der Waals surface area contributed by atoms with Gasteiger partial charge in [-0.3, -0.25) is 4.79 Å². The first-order valence-corrected chi connectivity index (χ1v) is 7.55. The highest BCUT2D eigenvalue weighted by molar-refractivity contribution is 6.30. The monoisotopic (exact) mass is 337 g/mol. The minimum absolute atomic E-state index is 0.174. The lowest BCUT2D eigenvalue weighted by molar-refractivity contribution is 0.0377. The molecule has 1 aromatic heterocycles. The van der Waals surface area contributed by atoms with Gasteiger partial charge in [0.05, 0.1) is 18.4 Å². The number of aryl methyl sites for hydroxylation is 1. The molecular weight excluding hydrogens is 318 g/mol. The van der Waals surface area contributed by atoms with Crippen LogP contribution in [0.25, 0.3) is 5.69 Å². The van der Waals surface area contributed by atoms with Gasteiger partial charge in [0.2, 0.25) is 0 Å². The lowest BCUT2D eigenvalue weighted by Crippen LogP contribution is -2.36. The second kappa shape index (κ2) is 7.59. The number of carbonyl (C=O) groups excluding carboxylic acids is 1. The van der Waals surface area contributed by atoms with E-state index in [9.17, 15) is 9.90 Å². The number of nitrogens with zero attached hydrogens (tertiary/aromatic N) is 3. The van der Waals surface area contributed by atoms with E-state index in [0.717, 1.165) is 11.4 Å². The fourth-order valence-electron chi connectivity index (χ4n) is 2.29. The first kappa shape index (κ1) is 17.5. The highest BCUT2D eigenvalue weighted by Crippen LogP contribution is 2.17. The molecule has 0 aliphatic rings. The Balaban J connectivity index is 2.18. The van der Waals surface area contributed by atoms with Crippen LogP contribution in [0.5, 0.6) is 0 Å². The third-order valence-corrected chi connectivity index (χ3v) is 3.58. The largest absolute Gasteiger partial charge is 0.389 e. The first-order chi connectivity index (χ1) is 10.9. The zero-order chi connectivity index (χ0) is 17.0. The number of benzene rings is 1. The molecule has 0 aliphatic heterocycles. The highest BCUT2D eigenvalue weighted by Gasteiger charge is 2.19. The number of rotatable bonds is 6. The van der Waals surface area contributed by atoms with E-state index >= 15 is 0 Å². The molecule has 0 spiro atoms. The van der Waals surface area contributed by atoms with Gasteiger partial charge in [-0.1, -0.05) is 17.7 Å². The number of aliphatic hydroxyl groups excluding tert-OH is 1. The molecule has 1 aromatic carbocycles. The summed E-state index contributed by atoms with van der Waals surface area (Å²) >= 11 is 6.00. The van der Waals surface area contributed by atoms with Crippen molar-refractivity contribution in [3.8, 4) is 5.69 Å². The van der Waals surface area contributed by atoms with Crippen LogP contribution in [-0.2, 0) is 4.74 Å². The van der Waals surface area contributed by atoms with Gasteiger partial charge in [-0.2, -0.15) is 5.10 Å². The Bertz CT molecular complexity index is 687. The summed E-state index contributed by atoms with van der Waals surface area (Å²) in [5.74, 6) is -0.260. The Labute approximate surface area is 140 Å². The predicted octanol–water partition coefficient (Wildman–Crippen LogP) is 1.91. The van der Waals surface area contributed by atoms with E-state index in [-0.39, 0.29) is 19.1 Å². The zero-order valence-electron chi connectivity index (χ0n) is 13.4. The molecule has 0 aliphatic carbocycles. The zero-order valence-corrected chi connectivity index (χ0v) is 14.1. The molecule has 1 atom stereocenters. The number of hydrogen-bond acceptors (Lipinski definition) is 4. The molecule has 23 heavy (non-hydrogen) atoms. The fraction of sp³-hybridized carbons (Fsp3) is 0.375. The number of carbonyl (C=O) groups is 1. The van der Waals surface area contributed by atoms with Crippen molar-refractivity contribution in [2.24, 2.45) is 0 Å². The molecule has 1 amide bonds. The maximum atomic E-state index is 12.4. The normalized spacial score (nSPS) is 12.2. The number of halogens is 1. The molecular formula is C16H20ClN3O3. The maximum Gasteiger partial charge on any atom is 0.274 e. The van der Waals surface area contributed by atoms with Crippen LogP contribution >= 0.6 is 11.6 Å². The van der Waals surface area contributed by atoms with Crippen molar-refractivity contribution >= 4 is 17.5 Å². The van der Waals surface area contributed by atoms with Gasteiger partial charge in [-0.25, -0.2) is 4.68 Å². The molecule has 0 bridgehead atoms. The SMILES string of the molecule is COCC(O)CN(C)C(=O)c1cc(C)n(-c2cccc(Cl)c2)n1. The molecule has 2 rings (SSSR count). The predicted molar refractivity (Wildman–Crippen MR) is 88.2 cm³/mol. The molecule has 0 saturated carbocycles. The van der Waals surface area contributed by atoms with E-state index < -0.39 is 6.10 Å². The van der Waals surface area contributed by atoms with Crippen molar-refractivity contribution < 1.29 is 14.6 Å². The van der Waals surface area contributed by atoms with E-state index in [1.54, 1.807) is 29.9 Å². The van der Waals surface area contributed by atoms with Gasteiger partial charge in [0, 0.05) is 31.4 Å². The number of likely N-dealkylation sites (N-methyl/N-ethyl adjacent to an activating group) is 1. The van der Waals surface area contributed by atoms with Crippen LogP contribution in [-0.4, -0.2) is 59.1 Å². The fourth-order valence-corrected chi connectivity index (χ4v) is 2.47. The average Bonchev–Trinajstić information content (AvgIpc) is 2.88. The molecule has 0 saturated heterocycles. The number of amides is 1. The smallest absolute Gasteiger partial charge is 0.274 e. The summed E-state index contributed by atoms with van der Waals surface area (Å²) in [6.45, 7) is 2.22. The third kappa shape index (κ3) is 4.31. The Morgan fingerprint density at radius 3 is 2.87 bits per heavy atom. The van der Waals surface area contributed by atoms with Gasteiger partial charge in [-0.15, -0.1) is 0 Å². The van der Waals surface area contributed by atoms with Crippen molar-refractivity contribution in [2.45, 2.75) is 13.0 Å². The summed E-state index contributed by atoms with van der Waals surface area (Å²) in [5.41, 5.74) is 1.92. The summed E-state index contributed by atoms with van der Waals surface area (Å²) in [5, 5.41) is 14.7. The number of ether oxygens (including phenoxy) is 1. The number of hydrogen-bond donors (Lipinski definition) is 1. The quantitative estimate of drug-likeness (QED) is 0.874. The number of aliphatic hydroxyl groups is 1. The molecule has 1 N–H and O–H groups in total. The van der Waals surface area contributed by atoms with E-state index in [0.29, 0.717) is 10.7 Å². The van der Waals surface area contributed by atoms with Crippen LogP contribution in [0.15, 0.2) is 30.3 Å². The van der Waals surface area contributed by atoms with Crippen LogP contribution in [0.4, 0.5) is 0 Å². The minimum Gasteiger partial charge on any atom is -0.389 e. The standard InChI is InChI=1S/C16H20ClN3O3/c1-11-7-15(16(22)19(2)9-14(21)10-23-3)18-20(11)13-6-4-5-12(17)8-13/h4-8,14,21H,9-10H2,1-3H3. The van der Waals surface area contributed by atoms with E-state index in [1.165, 1.54) is 12.0 Å². The van der Waals surface area contributed by atoms with Crippen LogP contribution in [0.1, 0.15) is 16.2 Å². The van der Waals surface area contributed by atoms with Crippen LogP contribution in [0.2, 0.25) is 5.02 Å². The third-order valence-electron chi connectivity index (χ3n) is 3.35.